The Morgan fingerprint density at radius 2 is 1.55 bits per heavy atom. The molecule has 0 aromatic heterocycles. The van der Waals surface area contributed by atoms with Gasteiger partial charge in [0.2, 0.25) is 0 Å². The predicted octanol–water partition coefficient (Wildman–Crippen LogP) is 1.95. The molecule has 0 aliphatic carbocycles. The monoisotopic (exact) mass is 428 g/mol. The summed E-state index contributed by atoms with van der Waals surface area (Å²) in [6.45, 7) is 6.91. The first-order valence-electron chi connectivity index (χ1n) is 9.11. The Labute approximate surface area is 171 Å². The Morgan fingerprint density at radius 3 is 2.03 bits per heavy atom. The Morgan fingerprint density at radius 1 is 1.03 bits per heavy atom. The summed E-state index contributed by atoms with van der Waals surface area (Å²) in [7, 11) is -1.19. The molecule has 1 saturated heterocycles. The number of sulfonamides is 1. The summed E-state index contributed by atoms with van der Waals surface area (Å²) in [5.41, 5.74) is -0.105. The molecule has 2 rings (SSSR count). The number of hydrogen-bond acceptors (Lipinski definition) is 6. The molecule has 0 unspecified atom stereocenters. The molecule has 162 valence electrons. The van der Waals surface area contributed by atoms with E-state index in [9.17, 15) is 18.0 Å². The van der Waals surface area contributed by atoms with Crippen LogP contribution in [-0.2, 0) is 19.6 Å². The molecular formula is C18H28N4O6S. The summed E-state index contributed by atoms with van der Waals surface area (Å²) in [6, 6.07) is 5.47. The van der Waals surface area contributed by atoms with Crippen LogP contribution >= 0.6 is 0 Å². The van der Waals surface area contributed by atoms with Crippen LogP contribution in [0, 0.1) is 0 Å². The lowest BCUT2D eigenvalue weighted by molar-refractivity contribution is -0.0258. The van der Waals surface area contributed by atoms with Crippen molar-refractivity contribution in [3.05, 3.63) is 24.3 Å². The molecular weight excluding hydrogens is 400 g/mol. The molecule has 1 fully saturated rings. The number of nitrogens with zero attached hydrogens (tertiary/aromatic N) is 3. The molecule has 11 heteroatoms. The average Bonchev–Trinajstić information content (AvgIpc) is 2.66. The molecule has 3 amide bonds. The fourth-order valence-corrected chi connectivity index (χ4v) is 3.55. The molecule has 1 aliphatic rings. The van der Waals surface area contributed by atoms with E-state index >= 15 is 0 Å². The number of piperazine rings is 1. The number of benzene rings is 1. The lowest BCUT2D eigenvalue weighted by atomic mass is 10.2. The highest BCUT2D eigenvalue weighted by Crippen LogP contribution is 2.18. The summed E-state index contributed by atoms with van der Waals surface area (Å²) in [5.74, 6) is 0. The third-order valence-corrected chi connectivity index (χ3v) is 5.91. The Balaban J connectivity index is 1.91. The number of hydroxylamine groups is 1. The minimum atomic E-state index is -3.74. The quantitative estimate of drug-likeness (QED) is 0.735. The Bertz CT molecular complexity index is 827. The molecule has 0 atom stereocenters. The van der Waals surface area contributed by atoms with Gasteiger partial charge < -0.3 is 19.9 Å². The van der Waals surface area contributed by atoms with E-state index < -0.39 is 21.7 Å². The van der Waals surface area contributed by atoms with Crippen LogP contribution in [0.2, 0.25) is 0 Å². The van der Waals surface area contributed by atoms with Gasteiger partial charge in [0.25, 0.3) is 10.0 Å². The maximum Gasteiger partial charge on any atom is 0.410 e. The van der Waals surface area contributed by atoms with Crippen molar-refractivity contribution in [2.45, 2.75) is 31.3 Å². The lowest BCUT2D eigenvalue weighted by Gasteiger charge is -2.35. The standard InChI is InChI=1S/C18H28N4O6S/c1-18(2,3)28-17(24)22-12-10-21(11-13-22)16(23)19-14-6-8-15(9-7-14)29(25,26)20(4)27-5/h6-9H,10-13H2,1-5H3,(H,19,23). The fraction of sp³-hybridized carbons (Fsp3) is 0.556. The highest BCUT2D eigenvalue weighted by atomic mass is 32.2. The smallest absolute Gasteiger partial charge is 0.410 e. The number of nitrogens with one attached hydrogen (secondary N) is 1. The van der Waals surface area contributed by atoms with E-state index in [1.165, 1.54) is 38.4 Å². The van der Waals surface area contributed by atoms with Gasteiger partial charge in [0.1, 0.15) is 5.60 Å². The number of ether oxygens (including phenoxy) is 1. The second-order valence-corrected chi connectivity index (χ2v) is 9.44. The third-order valence-electron chi connectivity index (χ3n) is 4.22. The summed E-state index contributed by atoms with van der Waals surface area (Å²) in [6.07, 6.45) is -0.393. The molecule has 1 N–H and O–H groups in total. The van der Waals surface area contributed by atoms with Crippen LogP contribution in [0.3, 0.4) is 0 Å². The van der Waals surface area contributed by atoms with E-state index in [2.05, 4.69) is 5.32 Å². The lowest BCUT2D eigenvalue weighted by Crippen LogP contribution is -2.52. The zero-order chi connectivity index (χ0) is 21.8. The van der Waals surface area contributed by atoms with Crippen molar-refractivity contribution in [1.82, 2.24) is 14.3 Å². The summed E-state index contributed by atoms with van der Waals surface area (Å²) < 4.78 is 30.5. The average molecular weight is 429 g/mol. The van der Waals surface area contributed by atoms with E-state index in [0.29, 0.717) is 31.9 Å². The molecule has 0 bridgehead atoms. The summed E-state index contributed by atoms with van der Waals surface area (Å²) >= 11 is 0. The van der Waals surface area contributed by atoms with Crippen LogP contribution < -0.4 is 5.32 Å². The van der Waals surface area contributed by atoms with Crippen LogP contribution in [0.25, 0.3) is 0 Å². The van der Waals surface area contributed by atoms with Gasteiger partial charge in [0.15, 0.2) is 0 Å². The minimum Gasteiger partial charge on any atom is -0.444 e. The van der Waals surface area contributed by atoms with Crippen LogP contribution in [0.5, 0.6) is 0 Å². The van der Waals surface area contributed by atoms with Gasteiger partial charge in [-0.25, -0.2) is 18.0 Å². The molecule has 0 spiro atoms. The SMILES string of the molecule is CON(C)S(=O)(=O)c1ccc(NC(=O)N2CCN(C(=O)OC(C)(C)C)CC2)cc1. The van der Waals surface area contributed by atoms with Gasteiger partial charge in [-0.3, -0.25) is 4.84 Å². The van der Waals surface area contributed by atoms with E-state index in [-0.39, 0.29) is 10.9 Å². The number of carbonyl (C=O) groups excluding carboxylic acids is 2. The number of rotatable bonds is 4. The van der Waals surface area contributed by atoms with Crippen molar-refractivity contribution >= 4 is 27.8 Å². The topological polar surface area (TPSA) is 108 Å². The molecule has 10 nitrogen and oxygen atoms in total. The van der Waals surface area contributed by atoms with Crippen molar-refractivity contribution in [2.75, 3.05) is 45.7 Å². The largest absolute Gasteiger partial charge is 0.444 e. The molecule has 1 aromatic rings. The van der Waals surface area contributed by atoms with Gasteiger partial charge in [-0.05, 0) is 45.0 Å². The van der Waals surface area contributed by atoms with Gasteiger partial charge in [-0.2, -0.15) is 0 Å². The Hall–Kier alpha value is -2.37. The normalized spacial score (nSPS) is 15.4. The van der Waals surface area contributed by atoms with Crippen molar-refractivity contribution in [1.29, 1.82) is 0 Å². The zero-order valence-corrected chi connectivity index (χ0v) is 18.2. The van der Waals surface area contributed by atoms with Crippen LogP contribution in [-0.4, -0.2) is 80.7 Å². The highest BCUT2D eigenvalue weighted by Gasteiger charge is 2.28. The van der Waals surface area contributed by atoms with Crippen molar-refractivity contribution in [3.8, 4) is 0 Å². The number of amides is 3. The first-order valence-corrected chi connectivity index (χ1v) is 10.5. The van der Waals surface area contributed by atoms with Crippen LogP contribution in [0.1, 0.15) is 20.8 Å². The van der Waals surface area contributed by atoms with Gasteiger partial charge in [-0.1, -0.05) is 4.47 Å². The molecule has 1 aromatic carbocycles. The third kappa shape index (κ3) is 6.05. The fourth-order valence-electron chi connectivity index (χ4n) is 2.58. The van der Waals surface area contributed by atoms with Crippen molar-refractivity contribution in [3.63, 3.8) is 0 Å². The van der Waals surface area contributed by atoms with Crippen LogP contribution in [0.4, 0.5) is 15.3 Å². The van der Waals surface area contributed by atoms with E-state index in [0.717, 1.165) is 4.47 Å². The first kappa shape index (κ1) is 22.9. The van der Waals surface area contributed by atoms with Gasteiger partial charge >= 0.3 is 12.1 Å². The zero-order valence-electron chi connectivity index (χ0n) is 17.3. The first-order chi connectivity index (χ1) is 13.4. The second kappa shape index (κ2) is 8.97. The van der Waals surface area contributed by atoms with E-state index in [1.807, 2.05) is 0 Å². The van der Waals surface area contributed by atoms with Crippen molar-refractivity contribution in [2.24, 2.45) is 0 Å². The van der Waals surface area contributed by atoms with Crippen LogP contribution in [0.15, 0.2) is 29.2 Å². The summed E-state index contributed by atoms with van der Waals surface area (Å²) in [4.78, 5) is 32.5. The molecule has 0 radical (unpaired) electrons. The maximum absolute atomic E-state index is 12.4. The van der Waals surface area contributed by atoms with Crippen molar-refractivity contribution < 1.29 is 27.6 Å². The Kier molecular flexibility index (Phi) is 7.09. The second-order valence-electron chi connectivity index (χ2n) is 7.51. The predicted molar refractivity (Wildman–Crippen MR) is 107 cm³/mol. The van der Waals surface area contributed by atoms with Gasteiger partial charge in [-0.15, -0.1) is 0 Å². The molecule has 29 heavy (non-hydrogen) atoms. The van der Waals surface area contributed by atoms with E-state index in [1.54, 1.807) is 30.6 Å². The number of hydrogen-bond donors (Lipinski definition) is 1. The number of carbonyl (C=O) groups is 2. The number of urea groups is 1. The molecule has 0 saturated carbocycles. The van der Waals surface area contributed by atoms with Gasteiger partial charge in [0.05, 0.1) is 12.0 Å². The molecule has 1 heterocycles. The maximum atomic E-state index is 12.4. The highest BCUT2D eigenvalue weighted by molar-refractivity contribution is 7.89. The van der Waals surface area contributed by atoms with E-state index in [4.69, 9.17) is 9.57 Å². The minimum absolute atomic E-state index is 0.0471. The summed E-state index contributed by atoms with van der Waals surface area (Å²) in [5, 5.41) is 2.73. The number of anilines is 1. The van der Waals surface area contributed by atoms with Gasteiger partial charge in [0, 0.05) is 38.9 Å². The molecule has 1 aliphatic heterocycles.